The minimum atomic E-state index is -2.14. The van der Waals surface area contributed by atoms with E-state index in [-0.39, 0.29) is 28.4 Å². The highest BCUT2D eigenvalue weighted by molar-refractivity contribution is 6.15. The van der Waals surface area contributed by atoms with E-state index in [2.05, 4.69) is 10.3 Å². The van der Waals surface area contributed by atoms with Crippen molar-refractivity contribution in [2.45, 2.75) is 31.1 Å². The number of rotatable bonds is 3. The zero-order chi connectivity index (χ0) is 22.1. The van der Waals surface area contributed by atoms with E-state index in [1.165, 1.54) is 12.5 Å². The summed E-state index contributed by atoms with van der Waals surface area (Å²) in [7, 11) is 1.73. The van der Waals surface area contributed by atoms with Gasteiger partial charge in [-0.3, -0.25) is 9.59 Å². The number of amides is 1. The fourth-order valence-electron chi connectivity index (χ4n) is 4.51. The molecule has 0 radical (unpaired) electrons. The number of nitrogens with zero attached hydrogens (tertiary/aromatic N) is 2. The van der Waals surface area contributed by atoms with Crippen LogP contribution in [0.3, 0.4) is 0 Å². The molecule has 0 bridgehead atoms. The molecule has 158 valence electrons. The van der Waals surface area contributed by atoms with E-state index in [1.807, 2.05) is 19.9 Å². The third-order valence-corrected chi connectivity index (χ3v) is 6.11. The number of ketones is 1. The summed E-state index contributed by atoms with van der Waals surface area (Å²) in [5.41, 5.74) is 6.26. The number of aliphatic hydroxyl groups is 1. The molecule has 3 aromatic rings. The van der Waals surface area contributed by atoms with Gasteiger partial charge >= 0.3 is 0 Å². The minimum Gasteiger partial charge on any atom is -0.454 e. The van der Waals surface area contributed by atoms with Crippen molar-refractivity contribution in [1.29, 1.82) is 0 Å². The van der Waals surface area contributed by atoms with Crippen LogP contribution in [0, 0.1) is 0 Å². The van der Waals surface area contributed by atoms with Gasteiger partial charge < -0.3 is 25.5 Å². The predicted octanol–water partition coefficient (Wildman–Crippen LogP) is 2.18. The van der Waals surface area contributed by atoms with Crippen LogP contribution >= 0.6 is 0 Å². The van der Waals surface area contributed by atoms with Gasteiger partial charge in [0.25, 0.3) is 11.7 Å². The molecule has 0 saturated carbocycles. The van der Waals surface area contributed by atoms with E-state index in [0.717, 1.165) is 5.56 Å². The molecule has 1 aromatic heterocycles. The number of Topliss-reactive ketones (excluding diaryl/α,β-unsaturated/α-hetero) is 1. The Morgan fingerprint density at radius 3 is 2.71 bits per heavy atom. The van der Waals surface area contributed by atoms with Crippen molar-refractivity contribution >= 4 is 17.4 Å². The van der Waals surface area contributed by atoms with Gasteiger partial charge in [-0.25, -0.2) is 4.98 Å². The van der Waals surface area contributed by atoms with Gasteiger partial charge in [0.15, 0.2) is 0 Å². The van der Waals surface area contributed by atoms with E-state index in [0.29, 0.717) is 11.3 Å². The summed E-state index contributed by atoms with van der Waals surface area (Å²) in [4.78, 5) is 31.0. The predicted molar refractivity (Wildman–Crippen MR) is 113 cm³/mol. The summed E-state index contributed by atoms with van der Waals surface area (Å²) in [6.07, 6.45) is 3.01. The molecule has 2 atom stereocenters. The molecular weight excluding hydrogens is 396 g/mol. The van der Waals surface area contributed by atoms with Crippen molar-refractivity contribution in [1.82, 2.24) is 14.9 Å². The minimum absolute atomic E-state index is 0.114. The molecule has 5 rings (SSSR count). The number of carbonyl (C=O) groups is 2. The number of nitrogens with two attached hydrogens (primary N) is 1. The summed E-state index contributed by atoms with van der Waals surface area (Å²) in [6, 6.07) is 10.2. The number of carbonyl (C=O) groups excluding carboxylic acids is 2. The second-order valence-electron chi connectivity index (χ2n) is 8.38. The molecule has 1 amide bonds. The van der Waals surface area contributed by atoms with Crippen molar-refractivity contribution in [3.63, 3.8) is 0 Å². The number of aryl methyl sites for hydroxylation is 1. The smallest absolute Gasteiger partial charge is 0.272 e. The molecule has 2 aliphatic rings. The lowest BCUT2D eigenvalue weighted by molar-refractivity contribution is -0.169. The summed E-state index contributed by atoms with van der Waals surface area (Å²) >= 11 is 0. The van der Waals surface area contributed by atoms with Crippen LogP contribution in [0.15, 0.2) is 48.9 Å². The maximum absolute atomic E-state index is 13.8. The molecule has 0 fully saturated rings. The Kier molecular flexibility index (Phi) is 3.85. The molecule has 1 aliphatic heterocycles. The second kappa shape index (κ2) is 6.18. The number of hydrogen-bond acceptors (Lipinski definition) is 6. The van der Waals surface area contributed by atoms with Crippen LogP contribution in [0.5, 0.6) is 5.75 Å². The van der Waals surface area contributed by atoms with Gasteiger partial charge in [0.1, 0.15) is 11.4 Å². The number of aromatic nitrogens is 2. The van der Waals surface area contributed by atoms with Gasteiger partial charge in [-0.2, -0.15) is 0 Å². The molecule has 0 saturated heterocycles. The van der Waals surface area contributed by atoms with Crippen molar-refractivity contribution in [2.75, 3.05) is 5.73 Å². The molecule has 2 unspecified atom stereocenters. The number of imidazole rings is 1. The lowest BCUT2D eigenvalue weighted by atomic mass is 9.82. The topological polar surface area (TPSA) is 119 Å². The molecule has 8 nitrogen and oxygen atoms in total. The zero-order valence-electron chi connectivity index (χ0n) is 17.3. The molecule has 2 heterocycles. The van der Waals surface area contributed by atoms with Crippen LogP contribution < -0.4 is 15.8 Å². The van der Waals surface area contributed by atoms with Crippen LogP contribution in [0.1, 0.15) is 57.3 Å². The first-order chi connectivity index (χ1) is 14.7. The average Bonchev–Trinajstić information content (AvgIpc) is 3.32. The van der Waals surface area contributed by atoms with Crippen LogP contribution in [0.4, 0.5) is 5.69 Å². The average molecular weight is 418 g/mol. The zero-order valence-corrected chi connectivity index (χ0v) is 17.3. The third-order valence-electron chi connectivity index (χ3n) is 6.11. The van der Waals surface area contributed by atoms with Crippen molar-refractivity contribution in [2.24, 2.45) is 7.05 Å². The Morgan fingerprint density at radius 2 is 2.03 bits per heavy atom. The van der Waals surface area contributed by atoms with Gasteiger partial charge in [-0.1, -0.05) is 38.1 Å². The van der Waals surface area contributed by atoms with E-state index in [4.69, 9.17) is 10.5 Å². The van der Waals surface area contributed by atoms with Crippen LogP contribution in [-0.4, -0.2) is 26.3 Å². The first kappa shape index (κ1) is 19.3. The third kappa shape index (κ3) is 2.36. The Hall–Kier alpha value is -3.65. The lowest BCUT2D eigenvalue weighted by Crippen LogP contribution is -2.60. The number of nitrogens with one attached hydrogen (secondary N) is 1. The number of benzene rings is 2. The molecule has 2 aromatic carbocycles. The Morgan fingerprint density at radius 1 is 1.26 bits per heavy atom. The Labute approximate surface area is 178 Å². The molecule has 4 N–H and O–H groups in total. The first-order valence-electron chi connectivity index (χ1n) is 9.99. The molecule has 1 aliphatic carbocycles. The van der Waals surface area contributed by atoms with Crippen molar-refractivity contribution in [3.05, 3.63) is 76.9 Å². The maximum atomic E-state index is 13.8. The highest BCUT2D eigenvalue weighted by Gasteiger charge is 2.72. The monoisotopic (exact) mass is 418 g/mol. The normalized spacial score (nSPS) is 23.3. The number of nitrogen functional groups attached to an aromatic ring is 1. The van der Waals surface area contributed by atoms with E-state index in [9.17, 15) is 14.7 Å². The first-order valence-corrected chi connectivity index (χ1v) is 9.99. The molecule has 0 spiro atoms. The fraction of sp³-hybridized carbons (Fsp3) is 0.261. The fourth-order valence-corrected chi connectivity index (χ4v) is 4.51. The highest BCUT2D eigenvalue weighted by Crippen LogP contribution is 2.59. The molecule has 31 heavy (non-hydrogen) atoms. The van der Waals surface area contributed by atoms with Gasteiger partial charge in [-0.05, 0) is 23.6 Å². The van der Waals surface area contributed by atoms with Crippen LogP contribution in [-0.2, 0) is 18.4 Å². The summed E-state index contributed by atoms with van der Waals surface area (Å²) in [5, 5.41) is 14.6. The second-order valence-corrected chi connectivity index (χ2v) is 8.38. The standard InChI is InChI=1S/C23H22N4O4/c1-12(2)13-7-8-14-18(9-13)31-23(30)15-5-4-6-16(24)19(15)20(28)22(14,23)26-21(29)17-10-27(3)11-25-17/h4-12,30H,24H2,1-3H3,(H,26,29). The number of ether oxygens (including phenoxy) is 1. The van der Waals surface area contributed by atoms with Gasteiger partial charge in [-0.15, -0.1) is 0 Å². The van der Waals surface area contributed by atoms with Crippen molar-refractivity contribution in [3.8, 4) is 5.75 Å². The number of anilines is 1. The van der Waals surface area contributed by atoms with Gasteiger partial charge in [0.05, 0.1) is 11.9 Å². The summed E-state index contributed by atoms with van der Waals surface area (Å²) in [6.45, 7) is 4.07. The SMILES string of the molecule is CC(C)c1ccc2c(c1)OC1(O)c3cccc(N)c3C(=O)C21NC(=O)c1cn(C)cn1. The Balaban J connectivity index is 1.74. The van der Waals surface area contributed by atoms with Crippen molar-refractivity contribution < 1.29 is 19.4 Å². The summed E-state index contributed by atoms with van der Waals surface area (Å²) < 4.78 is 7.67. The summed E-state index contributed by atoms with van der Waals surface area (Å²) in [5.74, 6) is -2.72. The van der Waals surface area contributed by atoms with Gasteiger partial charge in [0.2, 0.25) is 11.3 Å². The maximum Gasteiger partial charge on any atom is 0.272 e. The molecule has 8 heteroatoms. The van der Waals surface area contributed by atoms with Crippen LogP contribution in [0.2, 0.25) is 0 Å². The van der Waals surface area contributed by atoms with Gasteiger partial charge in [0, 0.05) is 30.1 Å². The van der Waals surface area contributed by atoms with E-state index < -0.39 is 23.0 Å². The number of fused-ring (bicyclic) bond motifs is 5. The molecular formula is C23H22N4O4. The quantitative estimate of drug-likeness (QED) is 0.561. The number of hydrogen-bond donors (Lipinski definition) is 3. The Bertz CT molecular complexity index is 1260. The van der Waals surface area contributed by atoms with E-state index in [1.54, 1.807) is 41.9 Å². The van der Waals surface area contributed by atoms with E-state index >= 15 is 0 Å². The van der Waals surface area contributed by atoms with Crippen LogP contribution in [0.25, 0.3) is 0 Å². The highest BCUT2D eigenvalue weighted by atomic mass is 16.6. The largest absolute Gasteiger partial charge is 0.454 e. The lowest BCUT2D eigenvalue weighted by Gasteiger charge is -2.34.